The number of hydrogen-bond acceptors (Lipinski definition) is 6. The van der Waals surface area contributed by atoms with Gasteiger partial charge in [0.25, 0.3) is 5.91 Å². The van der Waals surface area contributed by atoms with Gasteiger partial charge in [0, 0.05) is 29.8 Å². The van der Waals surface area contributed by atoms with Gasteiger partial charge in [-0.2, -0.15) is 5.10 Å². The molecule has 3 aromatic heterocycles. The molecule has 0 bridgehead atoms. The highest BCUT2D eigenvalue weighted by Crippen LogP contribution is 2.12. The Morgan fingerprint density at radius 2 is 1.81 bits per heavy atom. The largest absolute Gasteiger partial charge is 0.320 e. The molecule has 0 saturated heterocycles. The van der Waals surface area contributed by atoms with Gasteiger partial charge < -0.3 is 5.32 Å². The van der Waals surface area contributed by atoms with Crippen molar-refractivity contribution in [2.24, 2.45) is 0 Å². The molecule has 1 amide bonds. The van der Waals surface area contributed by atoms with Crippen LogP contribution in [0.5, 0.6) is 0 Å². The number of hydrogen-bond donors (Lipinski definition) is 1. The lowest BCUT2D eigenvalue weighted by molar-refractivity contribution is 0.102. The van der Waals surface area contributed by atoms with Gasteiger partial charge in [0.15, 0.2) is 12.4 Å². The number of benzene rings is 1. The Hall–Kier alpha value is -3.88. The fourth-order valence-corrected chi connectivity index (χ4v) is 2.33. The van der Waals surface area contributed by atoms with Crippen LogP contribution in [0.2, 0.25) is 0 Å². The van der Waals surface area contributed by atoms with E-state index in [9.17, 15) is 4.79 Å². The third kappa shape index (κ3) is 3.46. The van der Waals surface area contributed by atoms with Gasteiger partial charge in [0.2, 0.25) is 5.82 Å². The van der Waals surface area contributed by atoms with Gasteiger partial charge in [0.05, 0.1) is 0 Å². The quantitative estimate of drug-likeness (QED) is 0.590. The third-order valence-corrected chi connectivity index (χ3v) is 3.57. The third-order valence-electron chi connectivity index (χ3n) is 3.57. The number of pyridine rings is 1. The second kappa shape index (κ2) is 6.93. The van der Waals surface area contributed by atoms with E-state index >= 15 is 0 Å². The first-order valence-electron chi connectivity index (χ1n) is 7.86. The zero-order valence-corrected chi connectivity index (χ0v) is 13.6. The lowest BCUT2D eigenvalue weighted by atomic mass is 10.2. The number of aromatic nitrogens is 7. The molecule has 0 aliphatic heterocycles. The van der Waals surface area contributed by atoms with Crippen molar-refractivity contribution in [1.29, 1.82) is 0 Å². The lowest BCUT2D eigenvalue weighted by Crippen LogP contribution is -2.15. The van der Waals surface area contributed by atoms with Crippen molar-refractivity contribution in [3.63, 3.8) is 0 Å². The predicted octanol–water partition coefficient (Wildman–Crippen LogP) is 1.69. The Labute approximate surface area is 148 Å². The molecular formula is C17H14N8O. The van der Waals surface area contributed by atoms with Crippen LogP contribution in [0.25, 0.3) is 11.4 Å². The van der Waals surface area contributed by atoms with Crippen LogP contribution in [0.15, 0.2) is 67.1 Å². The zero-order valence-electron chi connectivity index (χ0n) is 13.6. The molecule has 0 radical (unpaired) electrons. The van der Waals surface area contributed by atoms with E-state index in [0.29, 0.717) is 17.2 Å². The summed E-state index contributed by atoms with van der Waals surface area (Å²) in [6.45, 7) is 0.252. The van der Waals surface area contributed by atoms with Crippen LogP contribution in [0.3, 0.4) is 0 Å². The molecule has 0 aliphatic rings. The summed E-state index contributed by atoms with van der Waals surface area (Å²) in [6.07, 6.45) is 4.90. The van der Waals surface area contributed by atoms with Crippen LogP contribution >= 0.6 is 0 Å². The van der Waals surface area contributed by atoms with E-state index < -0.39 is 0 Å². The maximum atomic E-state index is 12.2. The molecule has 0 aliphatic carbocycles. The van der Waals surface area contributed by atoms with Crippen LogP contribution in [0.4, 0.5) is 5.69 Å². The van der Waals surface area contributed by atoms with Crippen molar-refractivity contribution in [3.8, 4) is 11.4 Å². The van der Waals surface area contributed by atoms with Crippen molar-refractivity contribution in [3.05, 3.63) is 72.8 Å². The van der Waals surface area contributed by atoms with Gasteiger partial charge in [0.1, 0.15) is 0 Å². The van der Waals surface area contributed by atoms with Crippen LogP contribution in [0, 0.1) is 0 Å². The second-order valence-electron chi connectivity index (χ2n) is 5.42. The van der Waals surface area contributed by atoms with Gasteiger partial charge in [-0.1, -0.05) is 30.3 Å². The molecule has 0 unspecified atom stereocenters. The average molecular weight is 346 g/mol. The summed E-state index contributed by atoms with van der Waals surface area (Å²) in [4.78, 5) is 17.5. The summed E-state index contributed by atoms with van der Waals surface area (Å²) in [5, 5.41) is 19.4. The molecule has 1 N–H and O–H groups in total. The molecule has 0 spiro atoms. The molecule has 9 nitrogen and oxygen atoms in total. The molecule has 4 rings (SSSR count). The molecule has 0 saturated carbocycles. The number of anilines is 1. The van der Waals surface area contributed by atoms with Crippen molar-refractivity contribution >= 4 is 11.6 Å². The molecule has 9 heteroatoms. The minimum Gasteiger partial charge on any atom is -0.320 e. The normalized spacial score (nSPS) is 10.6. The molecule has 26 heavy (non-hydrogen) atoms. The zero-order chi connectivity index (χ0) is 17.8. The highest BCUT2D eigenvalue weighted by molar-refractivity contribution is 6.02. The molecular weight excluding hydrogens is 332 g/mol. The topological polar surface area (TPSA) is 103 Å². The summed E-state index contributed by atoms with van der Waals surface area (Å²) in [6, 6.07) is 14.6. The van der Waals surface area contributed by atoms with Gasteiger partial charge >= 0.3 is 0 Å². The van der Waals surface area contributed by atoms with Crippen LogP contribution in [-0.2, 0) is 6.67 Å². The van der Waals surface area contributed by atoms with E-state index in [-0.39, 0.29) is 12.6 Å². The van der Waals surface area contributed by atoms with Crippen LogP contribution in [0.1, 0.15) is 10.5 Å². The first-order chi connectivity index (χ1) is 12.8. The highest BCUT2D eigenvalue weighted by atomic mass is 16.2. The fourth-order valence-electron chi connectivity index (χ4n) is 2.33. The number of carbonyl (C=O) groups excluding carboxylic acids is 1. The van der Waals surface area contributed by atoms with Crippen molar-refractivity contribution in [2.75, 3.05) is 5.32 Å². The molecule has 4 aromatic rings. The summed E-state index contributed by atoms with van der Waals surface area (Å²) in [5.41, 5.74) is 1.84. The van der Waals surface area contributed by atoms with Gasteiger partial charge in [-0.05, 0) is 23.4 Å². The van der Waals surface area contributed by atoms with Gasteiger partial charge in [-0.3, -0.25) is 9.78 Å². The van der Waals surface area contributed by atoms with E-state index in [1.807, 2.05) is 30.3 Å². The smallest absolute Gasteiger partial charge is 0.276 e. The number of tetrazole rings is 1. The summed E-state index contributed by atoms with van der Waals surface area (Å²) >= 11 is 0. The maximum Gasteiger partial charge on any atom is 0.276 e. The number of nitrogens with zero attached hydrogens (tertiary/aromatic N) is 7. The van der Waals surface area contributed by atoms with Crippen LogP contribution in [-0.4, -0.2) is 40.9 Å². The monoisotopic (exact) mass is 346 g/mol. The lowest BCUT2D eigenvalue weighted by Gasteiger charge is -2.02. The Balaban J connectivity index is 1.44. The highest BCUT2D eigenvalue weighted by Gasteiger charge is 2.11. The standard InChI is InChI=1S/C17H14N8O/c26-17(19-14-6-9-18-10-7-14)15-8-11-24(21-15)12-25-22-16(20-23-25)13-4-2-1-3-5-13/h1-11H,12H2,(H,18,19,26). The fraction of sp³-hybridized carbons (Fsp3) is 0.0588. The Morgan fingerprint density at radius 3 is 2.62 bits per heavy atom. The van der Waals surface area contributed by atoms with Crippen LogP contribution < -0.4 is 5.32 Å². The summed E-state index contributed by atoms with van der Waals surface area (Å²) in [7, 11) is 0. The van der Waals surface area contributed by atoms with Crippen molar-refractivity contribution in [2.45, 2.75) is 6.67 Å². The van der Waals surface area contributed by atoms with Crippen molar-refractivity contribution < 1.29 is 4.79 Å². The SMILES string of the molecule is O=C(Nc1ccncc1)c1ccn(Cn2nnc(-c3ccccc3)n2)n1. The molecule has 1 aromatic carbocycles. The molecule has 0 atom stereocenters. The van der Waals surface area contributed by atoms with E-state index in [1.165, 1.54) is 4.80 Å². The number of carbonyl (C=O) groups is 1. The number of rotatable bonds is 5. The van der Waals surface area contributed by atoms with Gasteiger partial charge in [-0.25, -0.2) is 4.68 Å². The number of nitrogens with one attached hydrogen (secondary N) is 1. The Morgan fingerprint density at radius 1 is 1.00 bits per heavy atom. The summed E-state index contributed by atoms with van der Waals surface area (Å²) < 4.78 is 1.57. The van der Waals surface area contributed by atoms with E-state index in [2.05, 4.69) is 30.8 Å². The molecule has 0 fully saturated rings. The van der Waals surface area contributed by atoms with E-state index in [1.54, 1.807) is 41.5 Å². The first-order valence-corrected chi connectivity index (χ1v) is 7.86. The van der Waals surface area contributed by atoms with E-state index in [0.717, 1.165) is 5.56 Å². The van der Waals surface area contributed by atoms with E-state index in [4.69, 9.17) is 0 Å². The second-order valence-corrected chi connectivity index (χ2v) is 5.42. The Kier molecular flexibility index (Phi) is 4.17. The maximum absolute atomic E-state index is 12.2. The summed E-state index contributed by atoms with van der Waals surface area (Å²) in [5.74, 6) is 0.236. The van der Waals surface area contributed by atoms with Crippen molar-refractivity contribution in [1.82, 2.24) is 35.0 Å². The predicted molar refractivity (Wildman–Crippen MR) is 93.1 cm³/mol. The first kappa shape index (κ1) is 15.6. The van der Waals surface area contributed by atoms with Gasteiger partial charge in [-0.15, -0.1) is 15.0 Å². The Bertz CT molecular complexity index is 1010. The number of amides is 1. The minimum absolute atomic E-state index is 0.252. The molecule has 3 heterocycles. The minimum atomic E-state index is -0.300. The average Bonchev–Trinajstić information content (AvgIpc) is 3.33. The molecule has 128 valence electrons.